The molecule has 0 atom stereocenters. The Kier molecular flexibility index (Phi) is 5.04. The quantitative estimate of drug-likeness (QED) is 0.736. The second kappa shape index (κ2) is 6.35. The largest absolute Gasteiger partial charge is 0.476 e. The van der Waals surface area contributed by atoms with Gasteiger partial charge < -0.3 is 10.5 Å². The minimum absolute atomic E-state index is 0.0639. The zero-order chi connectivity index (χ0) is 11.1. The fraction of sp³-hybridized carbons (Fsp3) is 0.545. The Balaban J connectivity index is 2.53. The van der Waals surface area contributed by atoms with E-state index in [0.717, 1.165) is 19.3 Å². The lowest BCUT2D eigenvalue weighted by atomic mass is 10.2. The summed E-state index contributed by atoms with van der Waals surface area (Å²) in [5, 5.41) is 0. The third kappa shape index (κ3) is 3.47. The minimum atomic E-state index is -0.434. The highest BCUT2D eigenvalue weighted by Gasteiger charge is 2.08. The molecular weight excluding hydrogens is 195 g/mol. The Morgan fingerprint density at radius 3 is 2.93 bits per heavy atom. The first-order valence-corrected chi connectivity index (χ1v) is 5.25. The summed E-state index contributed by atoms with van der Waals surface area (Å²) in [4.78, 5) is 3.83. The molecule has 0 bridgehead atoms. The van der Waals surface area contributed by atoms with Gasteiger partial charge in [0.25, 0.3) is 5.88 Å². The van der Waals surface area contributed by atoms with Gasteiger partial charge in [-0.05, 0) is 12.5 Å². The molecule has 0 aliphatic rings. The van der Waals surface area contributed by atoms with Crippen molar-refractivity contribution >= 4 is 0 Å². The number of ether oxygens (including phenoxy) is 1. The van der Waals surface area contributed by atoms with E-state index in [0.29, 0.717) is 12.2 Å². The van der Waals surface area contributed by atoms with Gasteiger partial charge in [-0.1, -0.05) is 19.8 Å². The number of halogens is 1. The van der Waals surface area contributed by atoms with Crippen molar-refractivity contribution in [1.29, 1.82) is 0 Å². The SMILES string of the molecule is CCCCCOc1nccc(CN)c1F. The number of unbranched alkanes of at least 4 members (excludes halogenated alkanes) is 2. The lowest BCUT2D eigenvalue weighted by molar-refractivity contribution is 0.278. The predicted octanol–water partition coefficient (Wildman–Crippen LogP) is 2.25. The zero-order valence-electron chi connectivity index (χ0n) is 9.00. The van der Waals surface area contributed by atoms with Crippen molar-refractivity contribution in [3.05, 3.63) is 23.6 Å². The van der Waals surface area contributed by atoms with Crippen LogP contribution < -0.4 is 10.5 Å². The molecule has 1 rings (SSSR count). The fourth-order valence-electron chi connectivity index (χ4n) is 1.24. The van der Waals surface area contributed by atoms with Crippen LogP contribution in [0, 0.1) is 5.82 Å². The lowest BCUT2D eigenvalue weighted by Crippen LogP contribution is -2.05. The Morgan fingerprint density at radius 1 is 1.47 bits per heavy atom. The Morgan fingerprint density at radius 2 is 2.27 bits per heavy atom. The van der Waals surface area contributed by atoms with Crippen LogP contribution in [0.1, 0.15) is 31.7 Å². The number of pyridine rings is 1. The van der Waals surface area contributed by atoms with Crippen molar-refractivity contribution in [2.75, 3.05) is 6.61 Å². The van der Waals surface area contributed by atoms with Crippen LogP contribution in [-0.2, 0) is 6.54 Å². The first-order valence-electron chi connectivity index (χ1n) is 5.25. The van der Waals surface area contributed by atoms with Gasteiger partial charge >= 0.3 is 0 Å². The van der Waals surface area contributed by atoms with E-state index in [1.807, 2.05) is 0 Å². The number of hydrogen-bond donors (Lipinski definition) is 1. The molecule has 15 heavy (non-hydrogen) atoms. The van der Waals surface area contributed by atoms with Crippen LogP contribution in [0.2, 0.25) is 0 Å². The van der Waals surface area contributed by atoms with Crippen molar-refractivity contribution in [3.63, 3.8) is 0 Å². The Bertz CT molecular complexity index is 305. The van der Waals surface area contributed by atoms with Gasteiger partial charge in [0, 0.05) is 18.3 Å². The smallest absolute Gasteiger partial charge is 0.250 e. The molecule has 4 heteroatoms. The van der Waals surface area contributed by atoms with E-state index in [1.54, 1.807) is 6.07 Å². The van der Waals surface area contributed by atoms with Crippen LogP contribution in [0.15, 0.2) is 12.3 Å². The number of nitrogens with zero attached hydrogens (tertiary/aromatic N) is 1. The topological polar surface area (TPSA) is 48.1 Å². The second-order valence-corrected chi connectivity index (χ2v) is 3.35. The number of aromatic nitrogens is 1. The lowest BCUT2D eigenvalue weighted by Gasteiger charge is -2.07. The van der Waals surface area contributed by atoms with Crippen LogP contribution in [0.5, 0.6) is 5.88 Å². The van der Waals surface area contributed by atoms with Gasteiger partial charge in [-0.3, -0.25) is 0 Å². The second-order valence-electron chi connectivity index (χ2n) is 3.35. The molecular formula is C11H17FN2O. The molecule has 1 heterocycles. The van der Waals surface area contributed by atoms with E-state index >= 15 is 0 Å². The molecule has 1 aromatic rings. The van der Waals surface area contributed by atoms with Crippen LogP contribution in [0.3, 0.4) is 0 Å². The van der Waals surface area contributed by atoms with Gasteiger partial charge in [0.15, 0.2) is 5.82 Å². The van der Waals surface area contributed by atoms with E-state index in [9.17, 15) is 4.39 Å². The number of hydrogen-bond acceptors (Lipinski definition) is 3. The maximum Gasteiger partial charge on any atom is 0.250 e. The van der Waals surface area contributed by atoms with Gasteiger partial charge in [0.1, 0.15) is 0 Å². The molecule has 0 aromatic carbocycles. The van der Waals surface area contributed by atoms with Crippen LogP contribution >= 0.6 is 0 Å². The highest BCUT2D eigenvalue weighted by molar-refractivity contribution is 5.23. The molecule has 0 amide bonds. The van der Waals surface area contributed by atoms with E-state index < -0.39 is 5.82 Å². The third-order valence-corrected chi connectivity index (χ3v) is 2.14. The average Bonchev–Trinajstić information content (AvgIpc) is 2.26. The van der Waals surface area contributed by atoms with Gasteiger partial charge in [-0.15, -0.1) is 0 Å². The third-order valence-electron chi connectivity index (χ3n) is 2.14. The van der Waals surface area contributed by atoms with E-state index in [4.69, 9.17) is 10.5 Å². The molecule has 3 nitrogen and oxygen atoms in total. The van der Waals surface area contributed by atoms with Crippen LogP contribution in [0.25, 0.3) is 0 Å². The average molecular weight is 212 g/mol. The molecule has 0 spiro atoms. The summed E-state index contributed by atoms with van der Waals surface area (Å²) in [7, 11) is 0. The maximum atomic E-state index is 13.5. The molecule has 0 fully saturated rings. The maximum absolute atomic E-state index is 13.5. The molecule has 0 aliphatic heterocycles. The van der Waals surface area contributed by atoms with Crippen LogP contribution in [0.4, 0.5) is 4.39 Å². The minimum Gasteiger partial charge on any atom is -0.476 e. The van der Waals surface area contributed by atoms with E-state index in [1.165, 1.54) is 6.20 Å². The molecule has 2 N–H and O–H groups in total. The Labute approximate surface area is 89.5 Å². The standard InChI is InChI=1S/C11H17FN2O/c1-2-3-4-7-15-11-10(12)9(8-13)5-6-14-11/h5-6H,2-4,7-8,13H2,1H3. The molecule has 84 valence electrons. The summed E-state index contributed by atoms with van der Waals surface area (Å²) in [6, 6.07) is 1.56. The van der Waals surface area contributed by atoms with Gasteiger partial charge in [0.05, 0.1) is 6.61 Å². The molecule has 0 radical (unpaired) electrons. The summed E-state index contributed by atoms with van der Waals surface area (Å²) < 4.78 is 18.8. The molecule has 0 saturated carbocycles. The molecule has 1 aromatic heterocycles. The fourth-order valence-corrected chi connectivity index (χ4v) is 1.24. The zero-order valence-corrected chi connectivity index (χ0v) is 9.00. The first-order chi connectivity index (χ1) is 7.29. The highest BCUT2D eigenvalue weighted by atomic mass is 19.1. The first kappa shape index (κ1) is 11.9. The molecule has 0 aliphatic carbocycles. The van der Waals surface area contributed by atoms with E-state index in [-0.39, 0.29) is 12.4 Å². The van der Waals surface area contributed by atoms with Crippen LogP contribution in [-0.4, -0.2) is 11.6 Å². The van der Waals surface area contributed by atoms with Crippen molar-refractivity contribution < 1.29 is 9.13 Å². The molecule has 0 unspecified atom stereocenters. The monoisotopic (exact) mass is 212 g/mol. The highest BCUT2D eigenvalue weighted by Crippen LogP contribution is 2.17. The van der Waals surface area contributed by atoms with Gasteiger partial charge in [-0.2, -0.15) is 0 Å². The van der Waals surface area contributed by atoms with Gasteiger partial charge in [-0.25, -0.2) is 9.37 Å². The van der Waals surface area contributed by atoms with Crippen molar-refractivity contribution in [3.8, 4) is 5.88 Å². The summed E-state index contributed by atoms with van der Waals surface area (Å²) in [5.74, 6) is -0.370. The van der Waals surface area contributed by atoms with Crippen molar-refractivity contribution in [2.24, 2.45) is 5.73 Å². The predicted molar refractivity (Wildman–Crippen MR) is 57.1 cm³/mol. The molecule has 0 saturated heterocycles. The van der Waals surface area contributed by atoms with Crippen molar-refractivity contribution in [1.82, 2.24) is 4.98 Å². The number of nitrogens with two attached hydrogens (primary N) is 1. The summed E-state index contributed by atoms with van der Waals surface area (Å²) in [5.41, 5.74) is 5.81. The summed E-state index contributed by atoms with van der Waals surface area (Å²) in [6.45, 7) is 2.78. The Hall–Kier alpha value is -1.16. The van der Waals surface area contributed by atoms with Crippen molar-refractivity contribution in [2.45, 2.75) is 32.7 Å². The van der Waals surface area contributed by atoms with Gasteiger partial charge in [0.2, 0.25) is 0 Å². The van der Waals surface area contributed by atoms with E-state index in [2.05, 4.69) is 11.9 Å². The number of rotatable bonds is 6. The summed E-state index contributed by atoms with van der Waals surface area (Å²) in [6.07, 6.45) is 4.63. The summed E-state index contributed by atoms with van der Waals surface area (Å²) >= 11 is 0. The normalized spacial score (nSPS) is 10.3.